The van der Waals surface area contributed by atoms with E-state index >= 15 is 0 Å². The predicted octanol–water partition coefficient (Wildman–Crippen LogP) is 3.31. The summed E-state index contributed by atoms with van der Waals surface area (Å²) in [6, 6.07) is 11.5. The lowest BCUT2D eigenvalue weighted by molar-refractivity contribution is 0.102. The number of para-hydroxylation sites is 1. The molecule has 2 aromatic heterocycles. The Balaban J connectivity index is 2.00. The molecule has 0 radical (unpaired) electrons. The number of benzene rings is 1. The maximum atomic E-state index is 12.4. The third-order valence-corrected chi connectivity index (χ3v) is 3.31. The highest BCUT2D eigenvalue weighted by atomic mass is 16.1. The summed E-state index contributed by atoms with van der Waals surface area (Å²) in [7, 11) is 0. The number of amides is 1. The zero-order chi connectivity index (χ0) is 13.9. The molecule has 4 nitrogen and oxygen atoms in total. The Kier molecular flexibility index (Phi) is 3.21. The molecule has 0 saturated carbocycles. The van der Waals surface area contributed by atoms with Crippen LogP contribution in [0.15, 0.2) is 55.0 Å². The van der Waals surface area contributed by atoms with Crippen molar-refractivity contribution in [2.75, 3.05) is 5.32 Å². The van der Waals surface area contributed by atoms with E-state index in [1.165, 1.54) is 0 Å². The van der Waals surface area contributed by atoms with Gasteiger partial charge in [0.2, 0.25) is 0 Å². The van der Waals surface area contributed by atoms with Gasteiger partial charge in [0.25, 0.3) is 5.91 Å². The molecule has 100 valence electrons. The van der Waals surface area contributed by atoms with Crippen molar-refractivity contribution in [3.05, 3.63) is 60.6 Å². The van der Waals surface area contributed by atoms with Crippen molar-refractivity contribution >= 4 is 22.5 Å². The molecule has 0 bridgehead atoms. The maximum absolute atomic E-state index is 12.4. The van der Waals surface area contributed by atoms with Gasteiger partial charge in [-0.1, -0.05) is 18.2 Å². The first-order valence-corrected chi connectivity index (χ1v) is 6.59. The lowest BCUT2D eigenvalue weighted by Gasteiger charge is -2.03. The first-order valence-electron chi connectivity index (χ1n) is 6.59. The summed E-state index contributed by atoms with van der Waals surface area (Å²) < 4.78 is 2.08. The van der Waals surface area contributed by atoms with Gasteiger partial charge in [-0.25, -0.2) is 0 Å². The van der Waals surface area contributed by atoms with Crippen LogP contribution in [-0.2, 0) is 6.54 Å². The van der Waals surface area contributed by atoms with E-state index in [2.05, 4.69) is 21.8 Å². The van der Waals surface area contributed by atoms with Crippen molar-refractivity contribution in [3.63, 3.8) is 0 Å². The summed E-state index contributed by atoms with van der Waals surface area (Å²) >= 11 is 0. The number of pyridine rings is 1. The van der Waals surface area contributed by atoms with Gasteiger partial charge >= 0.3 is 0 Å². The molecule has 0 fully saturated rings. The topological polar surface area (TPSA) is 46.9 Å². The SMILES string of the molecule is CCn1cc(C(=O)Nc2ccncc2)c2ccccc21. The van der Waals surface area contributed by atoms with Crippen LogP contribution < -0.4 is 5.32 Å². The summed E-state index contributed by atoms with van der Waals surface area (Å²) in [5.41, 5.74) is 2.52. The number of fused-ring (bicyclic) bond motifs is 1. The van der Waals surface area contributed by atoms with Gasteiger partial charge in [-0.05, 0) is 25.1 Å². The molecule has 3 rings (SSSR count). The average molecular weight is 265 g/mol. The van der Waals surface area contributed by atoms with Gasteiger partial charge in [0.05, 0.1) is 5.56 Å². The fraction of sp³-hybridized carbons (Fsp3) is 0.125. The lowest BCUT2D eigenvalue weighted by Crippen LogP contribution is -2.11. The third kappa shape index (κ3) is 2.16. The van der Waals surface area contributed by atoms with Gasteiger partial charge in [-0.3, -0.25) is 9.78 Å². The van der Waals surface area contributed by atoms with Crippen molar-refractivity contribution in [2.24, 2.45) is 0 Å². The van der Waals surface area contributed by atoms with Crippen molar-refractivity contribution in [1.82, 2.24) is 9.55 Å². The minimum atomic E-state index is -0.0976. The fourth-order valence-corrected chi connectivity index (χ4v) is 2.32. The van der Waals surface area contributed by atoms with Gasteiger partial charge in [0.15, 0.2) is 0 Å². The Morgan fingerprint density at radius 3 is 2.70 bits per heavy atom. The Morgan fingerprint density at radius 1 is 1.20 bits per heavy atom. The number of anilines is 1. The molecule has 0 atom stereocenters. The van der Waals surface area contributed by atoms with Crippen molar-refractivity contribution in [3.8, 4) is 0 Å². The zero-order valence-corrected chi connectivity index (χ0v) is 11.2. The van der Waals surface area contributed by atoms with E-state index in [0.29, 0.717) is 5.56 Å². The summed E-state index contributed by atoms with van der Waals surface area (Å²) in [5.74, 6) is -0.0976. The smallest absolute Gasteiger partial charge is 0.257 e. The standard InChI is InChI=1S/C16H15N3O/c1-2-19-11-14(13-5-3-4-6-15(13)19)16(20)18-12-7-9-17-10-8-12/h3-11H,2H2,1H3,(H,17,18,20). The predicted molar refractivity (Wildman–Crippen MR) is 79.8 cm³/mol. The zero-order valence-electron chi connectivity index (χ0n) is 11.2. The normalized spacial score (nSPS) is 10.7. The fourth-order valence-electron chi connectivity index (χ4n) is 2.32. The minimum absolute atomic E-state index is 0.0976. The van der Waals surface area contributed by atoms with Gasteiger partial charge < -0.3 is 9.88 Å². The van der Waals surface area contributed by atoms with E-state index in [1.807, 2.05) is 30.5 Å². The van der Waals surface area contributed by atoms with Gasteiger partial charge in [0.1, 0.15) is 0 Å². The Bertz CT molecular complexity index is 747. The molecule has 3 aromatic rings. The highest BCUT2D eigenvalue weighted by Crippen LogP contribution is 2.22. The van der Waals surface area contributed by atoms with Crippen LogP contribution in [0.1, 0.15) is 17.3 Å². The van der Waals surface area contributed by atoms with Gasteiger partial charge in [-0.2, -0.15) is 0 Å². The molecule has 4 heteroatoms. The molecule has 0 aliphatic rings. The van der Waals surface area contributed by atoms with Crippen LogP contribution in [0.3, 0.4) is 0 Å². The van der Waals surface area contributed by atoms with E-state index < -0.39 is 0 Å². The van der Waals surface area contributed by atoms with Crippen molar-refractivity contribution < 1.29 is 4.79 Å². The largest absolute Gasteiger partial charge is 0.347 e. The van der Waals surface area contributed by atoms with E-state index in [4.69, 9.17) is 0 Å². The Hall–Kier alpha value is -2.62. The number of nitrogens with one attached hydrogen (secondary N) is 1. The second-order valence-corrected chi connectivity index (χ2v) is 4.54. The number of aryl methyl sites for hydroxylation is 1. The molecular weight excluding hydrogens is 250 g/mol. The second kappa shape index (κ2) is 5.17. The lowest BCUT2D eigenvalue weighted by atomic mass is 10.1. The first kappa shape index (κ1) is 12.4. The van der Waals surface area contributed by atoms with Crippen LogP contribution in [0.4, 0.5) is 5.69 Å². The Labute approximate surface area is 117 Å². The molecular formula is C16H15N3O. The first-order chi connectivity index (χ1) is 9.79. The van der Waals surface area contributed by atoms with Gasteiger partial charge in [-0.15, -0.1) is 0 Å². The van der Waals surface area contributed by atoms with Crippen LogP contribution in [0.5, 0.6) is 0 Å². The number of aromatic nitrogens is 2. The summed E-state index contributed by atoms with van der Waals surface area (Å²) in [4.78, 5) is 16.3. The molecule has 1 amide bonds. The molecule has 0 saturated heterocycles. The maximum Gasteiger partial charge on any atom is 0.257 e. The number of carbonyl (C=O) groups is 1. The van der Waals surface area contributed by atoms with Crippen LogP contribution in [-0.4, -0.2) is 15.5 Å². The molecule has 0 spiro atoms. The van der Waals surface area contributed by atoms with Crippen LogP contribution in [0.25, 0.3) is 10.9 Å². The van der Waals surface area contributed by atoms with E-state index in [0.717, 1.165) is 23.1 Å². The number of hydrogen-bond donors (Lipinski definition) is 1. The van der Waals surface area contributed by atoms with Crippen LogP contribution in [0.2, 0.25) is 0 Å². The molecule has 0 unspecified atom stereocenters. The highest BCUT2D eigenvalue weighted by Gasteiger charge is 2.14. The summed E-state index contributed by atoms with van der Waals surface area (Å²) in [6.07, 6.45) is 5.22. The third-order valence-electron chi connectivity index (χ3n) is 3.31. The van der Waals surface area contributed by atoms with Crippen LogP contribution >= 0.6 is 0 Å². The molecule has 1 aromatic carbocycles. The number of rotatable bonds is 3. The monoisotopic (exact) mass is 265 g/mol. The number of hydrogen-bond acceptors (Lipinski definition) is 2. The average Bonchev–Trinajstić information content (AvgIpc) is 2.87. The van der Waals surface area contributed by atoms with E-state index in [9.17, 15) is 4.79 Å². The van der Waals surface area contributed by atoms with E-state index in [1.54, 1.807) is 24.5 Å². The van der Waals surface area contributed by atoms with E-state index in [-0.39, 0.29) is 5.91 Å². The van der Waals surface area contributed by atoms with Crippen molar-refractivity contribution in [2.45, 2.75) is 13.5 Å². The van der Waals surface area contributed by atoms with Gasteiger partial charge in [0, 0.05) is 41.7 Å². The molecule has 0 aliphatic heterocycles. The molecule has 1 N–H and O–H groups in total. The molecule has 2 heterocycles. The van der Waals surface area contributed by atoms with Crippen LogP contribution in [0, 0.1) is 0 Å². The minimum Gasteiger partial charge on any atom is -0.347 e. The summed E-state index contributed by atoms with van der Waals surface area (Å²) in [5, 5.41) is 3.87. The number of nitrogens with zero attached hydrogens (tertiary/aromatic N) is 2. The quantitative estimate of drug-likeness (QED) is 0.789. The highest BCUT2D eigenvalue weighted by molar-refractivity contribution is 6.12. The summed E-state index contributed by atoms with van der Waals surface area (Å²) in [6.45, 7) is 2.90. The Morgan fingerprint density at radius 2 is 1.95 bits per heavy atom. The second-order valence-electron chi connectivity index (χ2n) is 4.54. The van der Waals surface area contributed by atoms with Crippen molar-refractivity contribution in [1.29, 1.82) is 0 Å². The number of carbonyl (C=O) groups excluding carboxylic acids is 1. The molecule has 0 aliphatic carbocycles. The molecule has 20 heavy (non-hydrogen) atoms.